The van der Waals surface area contributed by atoms with Crippen LogP contribution >= 0.6 is 0 Å². The summed E-state index contributed by atoms with van der Waals surface area (Å²) in [6, 6.07) is 9.69. The first-order valence-electron chi connectivity index (χ1n) is 7.29. The van der Waals surface area contributed by atoms with Crippen molar-refractivity contribution in [3.05, 3.63) is 47.5 Å². The molecular formula is C17H12F2O5. The van der Waals surface area contributed by atoms with Gasteiger partial charge in [0.25, 0.3) is 0 Å². The van der Waals surface area contributed by atoms with E-state index in [4.69, 9.17) is 14.2 Å². The third-order valence-corrected chi connectivity index (χ3v) is 3.96. The van der Waals surface area contributed by atoms with Gasteiger partial charge >= 0.3 is 12.6 Å². The summed E-state index contributed by atoms with van der Waals surface area (Å²) < 4.78 is 45.2. The van der Waals surface area contributed by atoms with Crippen LogP contribution in [0, 0.1) is 0 Å². The summed E-state index contributed by atoms with van der Waals surface area (Å²) >= 11 is 0. The Bertz CT molecular complexity index is 806. The molecule has 7 heteroatoms. The predicted octanol–water partition coefficient (Wildman–Crippen LogP) is 3.46. The van der Waals surface area contributed by atoms with E-state index < -0.39 is 12.6 Å². The lowest BCUT2D eigenvalue weighted by molar-refractivity contribution is -0.135. The monoisotopic (exact) mass is 334 g/mol. The Morgan fingerprint density at radius 2 is 1.88 bits per heavy atom. The number of rotatable bonds is 3. The van der Waals surface area contributed by atoms with Gasteiger partial charge in [0.15, 0.2) is 11.5 Å². The number of ether oxygens (including phenoxy) is 4. The molecule has 0 amide bonds. The molecule has 0 saturated carbocycles. The van der Waals surface area contributed by atoms with Crippen LogP contribution in [0.2, 0.25) is 0 Å². The molecule has 0 unspecified atom stereocenters. The molecule has 2 aromatic rings. The molecule has 0 spiro atoms. The lowest BCUT2D eigenvalue weighted by Gasteiger charge is -2.25. The van der Waals surface area contributed by atoms with Crippen LogP contribution in [0.25, 0.3) is 0 Å². The van der Waals surface area contributed by atoms with Crippen molar-refractivity contribution < 1.29 is 32.5 Å². The molecule has 0 aromatic heterocycles. The van der Waals surface area contributed by atoms with E-state index >= 15 is 0 Å². The van der Waals surface area contributed by atoms with Gasteiger partial charge in [-0.3, -0.25) is 4.79 Å². The Balaban J connectivity index is 1.76. The lowest BCUT2D eigenvalue weighted by atomic mass is 9.86. The van der Waals surface area contributed by atoms with E-state index in [1.165, 1.54) is 12.1 Å². The summed E-state index contributed by atoms with van der Waals surface area (Å²) in [5.74, 6) is 0.779. The number of hydrogen-bond donors (Lipinski definition) is 0. The van der Waals surface area contributed by atoms with Gasteiger partial charge < -0.3 is 18.9 Å². The first-order valence-corrected chi connectivity index (χ1v) is 7.29. The van der Waals surface area contributed by atoms with Crippen molar-refractivity contribution in [1.82, 2.24) is 0 Å². The van der Waals surface area contributed by atoms with Crippen LogP contribution in [0.3, 0.4) is 0 Å². The number of carbonyl (C=O) groups is 1. The molecule has 4 rings (SSSR count). The Morgan fingerprint density at radius 1 is 1.08 bits per heavy atom. The summed E-state index contributed by atoms with van der Waals surface area (Å²) in [5.41, 5.74) is 1.43. The molecule has 2 aliphatic rings. The Hall–Kier alpha value is -2.83. The maximum Gasteiger partial charge on any atom is 0.387 e. The summed E-state index contributed by atoms with van der Waals surface area (Å²) in [6.45, 7) is -2.80. The molecule has 0 bridgehead atoms. The van der Waals surface area contributed by atoms with Crippen molar-refractivity contribution in [2.24, 2.45) is 0 Å². The van der Waals surface area contributed by atoms with Crippen molar-refractivity contribution >= 4 is 5.97 Å². The second-order valence-corrected chi connectivity index (χ2v) is 5.43. The second kappa shape index (κ2) is 5.67. The van der Waals surface area contributed by atoms with E-state index in [0.29, 0.717) is 22.8 Å². The summed E-state index contributed by atoms with van der Waals surface area (Å²) in [4.78, 5) is 11.9. The number of alkyl halides is 2. The van der Waals surface area contributed by atoms with Crippen LogP contribution in [0.15, 0.2) is 36.4 Å². The smallest absolute Gasteiger partial charge is 0.387 e. The molecule has 124 valence electrons. The van der Waals surface area contributed by atoms with Crippen LogP contribution in [0.5, 0.6) is 23.0 Å². The van der Waals surface area contributed by atoms with Crippen LogP contribution < -0.4 is 18.9 Å². The number of carbonyl (C=O) groups excluding carboxylic acids is 1. The highest BCUT2D eigenvalue weighted by Crippen LogP contribution is 2.46. The van der Waals surface area contributed by atoms with Gasteiger partial charge in [-0.25, -0.2) is 0 Å². The highest BCUT2D eigenvalue weighted by Gasteiger charge is 2.31. The standard InChI is InChI=1S/C17H12F2O5/c18-17(19)23-10-3-1-2-9(4-10)11-6-16(20)24-13-7-15-14(5-12(11)13)21-8-22-15/h1-5,7,11,17H,6,8H2/t11-/m0/s1. The van der Waals surface area contributed by atoms with Crippen molar-refractivity contribution in [3.63, 3.8) is 0 Å². The quantitative estimate of drug-likeness (QED) is 0.636. The lowest BCUT2D eigenvalue weighted by Crippen LogP contribution is -2.21. The zero-order chi connectivity index (χ0) is 16.7. The fourth-order valence-corrected chi connectivity index (χ4v) is 2.95. The van der Waals surface area contributed by atoms with Crippen LogP contribution in [-0.2, 0) is 4.79 Å². The number of hydrogen-bond acceptors (Lipinski definition) is 5. The SMILES string of the molecule is O=C1C[C@@H](c2cccc(OC(F)F)c2)c2cc3c(cc2O1)OCO3. The molecule has 0 saturated heterocycles. The average molecular weight is 334 g/mol. The van der Waals surface area contributed by atoms with Crippen molar-refractivity contribution in [1.29, 1.82) is 0 Å². The Labute approximate surface area is 135 Å². The van der Waals surface area contributed by atoms with E-state index in [0.717, 1.165) is 5.56 Å². The number of halogens is 2. The van der Waals surface area contributed by atoms with E-state index in [2.05, 4.69) is 4.74 Å². The largest absolute Gasteiger partial charge is 0.454 e. The third kappa shape index (κ3) is 2.62. The van der Waals surface area contributed by atoms with Gasteiger partial charge in [-0.15, -0.1) is 0 Å². The molecule has 0 fully saturated rings. The highest BCUT2D eigenvalue weighted by atomic mass is 19.3. The minimum atomic E-state index is -2.90. The van der Waals surface area contributed by atoms with E-state index in [-0.39, 0.29) is 24.9 Å². The molecule has 0 N–H and O–H groups in total. The van der Waals surface area contributed by atoms with Crippen LogP contribution in [0.4, 0.5) is 8.78 Å². The van der Waals surface area contributed by atoms with Gasteiger partial charge in [0.2, 0.25) is 6.79 Å². The Morgan fingerprint density at radius 3 is 2.67 bits per heavy atom. The molecular weight excluding hydrogens is 322 g/mol. The highest BCUT2D eigenvalue weighted by molar-refractivity contribution is 5.78. The van der Waals surface area contributed by atoms with Gasteiger partial charge in [0.05, 0.1) is 6.42 Å². The normalized spacial score (nSPS) is 18.3. The molecule has 1 atom stereocenters. The third-order valence-electron chi connectivity index (χ3n) is 3.96. The predicted molar refractivity (Wildman–Crippen MR) is 77.7 cm³/mol. The summed E-state index contributed by atoms with van der Waals surface area (Å²) in [6.07, 6.45) is 0.102. The van der Waals surface area contributed by atoms with Gasteiger partial charge in [-0.1, -0.05) is 12.1 Å². The van der Waals surface area contributed by atoms with Crippen molar-refractivity contribution in [3.8, 4) is 23.0 Å². The molecule has 5 nitrogen and oxygen atoms in total. The average Bonchev–Trinajstić information content (AvgIpc) is 2.99. The molecule has 2 aliphatic heterocycles. The molecule has 24 heavy (non-hydrogen) atoms. The number of benzene rings is 2. The zero-order valence-corrected chi connectivity index (χ0v) is 12.3. The van der Waals surface area contributed by atoms with E-state index in [9.17, 15) is 13.6 Å². The van der Waals surface area contributed by atoms with Crippen LogP contribution in [-0.4, -0.2) is 19.4 Å². The summed E-state index contributed by atoms with van der Waals surface area (Å²) in [5, 5.41) is 0. The summed E-state index contributed by atoms with van der Waals surface area (Å²) in [7, 11) is 0. The maximum absolute atomic E-state index is 12.4. The van der Waals surface area contributed by atoms with Gasteiger partial charge in [-0.05, 0) is 23.8 Å². The van der Waals surface area contributed by atoms with Crippen molar-refractivity contribution in [2.75, 3.05) is 6.79 Å². The van der Waals surface area contributed by atoms with Gasteiger partial charge in [-0.2, -0.15) is 8.78 Å². The minimum Gasteiger partial charge on any atom is -0.454 e. The first kappa shape index (κ1) is 14.7. The fourth-order valence-electron chi connectivity index (χ4n) is 2.95. The van der Waals surface area contributed by atoms with E-state index in [1.807, 2.05) is 0 Å². The first-order chi connectivity index (χ1) is 11.6. The van der Waals surface area contributed by atoms with Crippen molar-refractivity contribution in [2.45, 2.75) is 19.0 Å². The number of fused-ring (bicyclic) bond motifs is 2. The molecule has 0 aliphatic carbocycles. The Kier molecular flexibility index (Phi) is 3.48. The van der Waals surface area contributed by atoms with Crippen LogP contribution in [0.1, 0.15) is 23.5 Å². The number of esters is 1. The topological polar surface area (TPSA) is 54.0 Å². The van der Waals surface area contributed by atoms with Gasteiger partial charge in [0.1, 0.15) is 11.5 Å². The molecule has 0 radical (unpaired) electrons. The maximum atomic E-state index is 12.4. The minimum absolute atomic E-state index is 0.0451. The molecule has 2 heterocycles. The zero-order valence-electron chi connectivity index (χ0n) is 12.3. The fraction of sp³-hybridized carbons (Fsp3) is 0.235. The molecule has 2 aromatic carbocycles. The van der Waals surface area contributed by atoms with E-state index in [1.54, 1.807) is 24.3 Å². The second-order valence-electron chi connectivity index (χ2n) is 5.43. The van der Waals surface area contributed by atoms with Gasteiger partial charge in [0, 0.05) is 17.5 Å².